The number of nitrogens with one attached hydrogen (secondary N) is 1. The standard InChI is InChI=1S/C30H35N5O3S/c1-21(2)23-12-14-26(15-13-23)39(36,37)35-18-16-34(17-19-35)22(3)29-32-28-11-6-5-10-27(28)30(33-29)31-24-8-7-9-25(20-24)38-4/h5-15,20-22H,16-19H2,1-4H3,(H,31,32,33)/t22-/m1/s1. The third kappa shape index (κ3) is 5.75. The van der Waals surface area contributed by atoms with Crippen molar-refractivity contribution in [3.05, 3.63) is 84.2 Å². The van der Waals surface area contributed by atoms with Gasteiger partial charge in [0.1, 0.15) is 17.4 Å². The molecule has 1 aliphatic heterocycles. The fourth-order valence-electron chi connectivity index (χ4n) is 4.88. The highest BCUT2D eigenvalue weighted by molar-refractivity contribution is 7.89. The highest BCUT2D eigenvalue weighted by atomic mass is 32.2. The van der Waals surface area contributed by atoms with Gasteiger partial charge in [0, 0.05) is 43.3 Å². The zero-order valence-corrected chi connectivity index (χ0v) is 23.6. The molecule has 3 aromatic carbocycles. The van der Waals surface area contributed by atoms with Crippen molar-refractivity contribution in [1.82, 2.24) is 19.2 Å². The van der Waals surface area contributed by atoms with E-state index in [1.807, 2.05) is 60.7 Å². The number of benzene rings is 3. The summed E-state index contributed by atoms with van der Waals surface area (Å²) in [6, 6.07) is 22.8. The lowest BCUT2D eigenvalue weighted by Gasteiger charge is -2.37. The molecule has 1 N–H and O–H groups in total. The highest BCUT2D eigenvalue weighted by Gasteiger charge is 2.31. The Hall–Kier alpha value is -3.53. The molecule has 0 unspecified atom stereocenters. The summed E-state index contributed by atoms with van der Waals surface area (Å²) < 4.78 is 33.5. The summed E-state index contributed by atoms with van der Waals surface area (Å²) in [6.45, 7) is 8.30. The van der Waals surface area contributed by atoms with Crippen molar-refractivity contribution in [1.29, 1.82) is 0 Å². The molecule has 8 nitrogen and oxygen atoms in total. The van der Waals surface area contributed by atoms with E-state index in [2.05, 4.69) is 31.0 Å². The van der Waals surface area contributed by atoms with Gasteiger partial charge in [0.2, 0.25) is 10.0 Å². The molecule has 0 saturated carbocycles. The van der Waals surface area contributed by atoms with Gasteiger partial charge in [-0.1, -0.05) is 44.2 Å². The molecule has 4 aromatic rings. The number of methoxy groups -OCH3 is 1. The lowest BCUT2D eigenvalue weighted by atomic mass is 10.0. The number of anilines is 2. The predicted octanol–water partition coefficient (Wildman–Crippen LogP) is 5.57. The van der Waals surface area contributed by atoms with Gasteiger partial charge in [-0.15, -0.1) is 0 Å². The van der Waals surface area contributed by atoms with Gasteiger partial charge in [-0.05, 0) is 54.8 Å². The summed E-state index contributed by atoms with van der Waals surface area (Å²) in [4.78, 5) is 12.4. The van der Waals surface area contributed by atoms with Crippen LogP contribution in [0, 0.1) is 0 Å². The SMILES string of the molecule is COc1cccc(Nc2nc([C@@H](C)N3CCN(S(=O)(=O)c4ccc(C(C)C)cc4)CC3)nc3ccccc23)c1. The van der Waals surface area contributed by atoms with Crippen molar-refractivity contribution in [2.75, 3.05) is 38.6 Å². The van der Waals surface area contributed by atoms with E-state index < -0.39 is 10.0 Å². The summed E-state index contributed by atoms with van der Waals surface area (Å²) >= 11 is 0. The van der Waals surface area contributed by atoms with Crippen LogP contribution < -0.4 is 10.1 Å². The van der Waals surface area contributed by atoms with Crippen molar-refractivity contribution in [2.24, 2.45) is 0 Å². The van der Waals surface area contributed by atoms with E-state index in [0.29, 0.717) is 42.8 Å². The molecule has 5 rings (SSSR count). The Morgan fingerprint density at radius 2 is 1.59 bits per heavy atom. The number of nitrogens with zero attached hydrogens (tertiary/aromatic N) is 4. The molecule has 204 valence electrons. The van der Waals surface area contributed by atoms with Crippen LogP contribution in [0.15, 0.2) is 77.7 Å². The van der Waals surface area contributed by atoms with Crippen LogP contribution in [0.5, 0.6) is 5.75 Å². The molecule has 0 amide bonds. The van der Waals surface area contributed by atoms with E-state index in [1.165, 1.54) is 0 Å². The molecule has 9 heteroatoms. The third-order valence-electron chi connectivity index (χ3n) is 7.33. The Labute approximate surface area is 230 Å². The van der Waals surface area contributed by atoms with Crippen LogP contribution in [0.25, 0.3) is 10.9 Å². The molecular formula is C30H35N5O3S. The second-order valence-electron chi connectivity index (χ2n) is 10.1. The van der Waals surface area contributed by atoms with Crippen LogP contribution in [0.4, 0.5) is 11.5 Å². The van der Waals surface area contributed by atoms with Crippen molar-refractivity contribution in [2.45, 2.75) is 37.6 Å². The van der Waals surface area contributed by atoms with E-state index in [-0.39, 0.29) is 6.04 Å². The molecule has 1 aliphatic rings. The second kappa shape index (κ2) is 11.3. The quantitative estimate of drug-likeness (QED) is 0.310. The summed E-state index contributed by atoms with van der Waals surface area (Å²) in [5.41, 5.74) is 2.85. The third-order valence-corrected chi connectivity index (χ3v) is 9.25. The predicted molar refractivity (Wildman–Crippen MR) is 155 cm³/mol. The average Bonchev–Trinajstić information content (AvgIpc) is 2.97. The topological polar surface area (TPSA) is 87.7 Å². The zero-order chi connectivity index (χ0) is 27.6. The van der Waals surface area contributed by atoms with Gasteiger partial charge in [0.15, 0.2) is 0 Å². The van der Waals surface area contributed by atoms with E-state index in [1.54, 1.807) is 23.5 Å². The number of piperazine rings is 1. The Morgan fingerprint density at radius 1 is 0.872 bits per heavy atom. The molecule has 1 saturated heterocycles. The summed E-state index contributed by atoms with van der Waals surface area (Å²) in [7, 11) is -1.89. The Bertz CT molecular complexity index is 1550. The second-order valence-corrected chi connectivity index (χ2v) is 12.1. The number of hydrogen-bond acceptors (Lipinski definition) is 7. The first-order valence-electron chi connectivity index (χ1n) is 13.3. The Morgan fingerprint density at radius 3 is 2.28 bits per heavy atom. The molecule has 1 fully saturated rings. The number of rotatable bonds is 8. The number of ether oxygens (including phenoxy) is 1. The highest BCUT2D eigenvalue weighted by Crippen LogP contribution is 2.29. The average molecular weight is 546 g/mol. The van der Waals surface area contributed by atoms with Crippen LogP contribution in [-0.2, 0) is 10.0 Å². The van der Waals surface area contributed by atoms with E-state index >= 15 is 0 Å². The van der Waals surface area contributed by atoms with Crippen LogP contribution >= 0.6 is 0 Å². The number of hydrogen-bond donors (Lipinski definition) is 1. The number of aromatic nitrogens is 2. The molecule has 1 aromatic heterocycles. The summed E-state index contributed by atoms with van der Waals surface area (Å²) in [6.07, 6.45) is 0. The van der Waals surface area contributed by atoms with Crippen molar-refractivity contribution >= 4 is 32.4 Å². The van der Waals surface area contributed by atoms with Gasteiger partial charge >= 0.3 is 0 Å². The van der Waals surface area contributed by atoms with Gasteiger partial charge in [0.05, 0.1) is 23.6 Å². The maximum Gasteiger partial charge on any atom is 0.243 e. The van der Waals surface area contributed by atoms with E-state index in [0.717, 1.165) is 33.7 Å². The fourth-order valence-corrected chi connectivity index (χ4v) is 6.30. The smallest absolute Gasteiger partial charge is 0.243 e. The number of fused-ring (bicyclic) bond motifs is 1. The molecule has 0 aliphatic carbocycles. The van der Waals surface area contributed by atoms with Crippen molar-refractivity contribution < 1.29 is 13.2 Å². The minimum absolute atomic E-state index is 0.0874. The normalized spacial score (nSPS) is 15.9. The number of sulfonamides is 1. The molecule has 0 bridgehead atoms. The Balaban J connectivity index is 1.34. The van der Waals surface area contributed by atoms with Crippen LogP contribution in [0.3, 0.4) is 0 Å². The van der Waals surface area contributed by atoms with Gasteiger partial charge in [-0.2, -0.15) is 4.31 Å². The first-order chi connectivity index (χ1) is 18.8. The van der Waals surface area contributed by atoms with Gasteiger partial charge in [-0.25, -0.2) is 18.4 Å². The maximum atomic E-state index is 13.3. The molecule has 39 heavy (non-hydrogen) atoms. The first kappa shape index (κ1) is 27.1. The van der Waals surface area contributed by atoms with Crippen LogP contribution in [-0.4, -0.2) is 60.9 Å². The Kier molecular flexibility index (Phi) is 7.83. The lowest BCUT2D eigenvalue weighted by Crippen LogP contribution is -2.49. The van der Waals surface area contributed by atoms with Crippen LogP contribution in [0.1, 0.15) is 44.1 Å². The van der Waals surface area contributed by atoms with Gasteiger partial charge < -0.3 is 10.1 Å². The summed E-state index contributed by atoms with van der Waals surface area (Å²) in [5.74, 6) is 2.53. The monoisotopic (exact) mass is 545 g/mol. The molecule has 0 radical (unpaired) electrons. The fraction of sp³-hybridized carbons (Fsp3) is 0.333. The molecular weight excluding hydrogens is 510 g/mol. The molecule has 1 atom stereocenters. The first-order valence-corrected chi connectivity index (χ1v) is 14.7. The molecule has 2 heterocycles. The van der Waals surface area contributed by atoms with Crippen LogP contribution in [0.2, 0.25) is 0 Å². The largest absolute Gasteiger partial charge is 0.497 e. The van der Waals surface area contributed by atoms with Gasteiger partial charge in [0.25, 0.3) is 0 Å². The molecule has 0 spiro atoms. The van der Waals surface area contributed by atoms with Crippen molar-refractivity contribution in [3.63, 3.8) is 0 Å². The summed E-state index contributed by atoms with van der Waals surface area (Å²) in [5, 5.41) is 4.37. The number of para-hydroxylation sites is 1. The van der Waals surface area contributed by atoms with E-state index in [9.17, 15) is 8.42 Å². The minimum Gasteiger partial charge on any atom is -0.497 e. The van der Waals surface area contributed by atoms with Crippen molar-refractivity contribution in [3.8, 4) is 5.75 Å². The van der Waals surface area contributed by atoms with E-state index in [4.69, 9.17) is 14.7 Å². The zero-order valence-electron chi connectivity index (χ0n) is 22.8. The lowest BCUT2D eigenvalue weighted by molar-refractivity contribution is 0.141. The van der Waals surface area contributed by atoms with Gasteiger partial charge in [-0.3, -0.25) is 4.90 Å². The maximum absolute atomic E-state index is 13.3. The minimum atomic E-state index is -3.54.